The van der Waals surface area contributed by atoms with Gasteiger partial charge in [0, 0.05) is 23.7 Å². The number of benzene rings is 1. The van der Waals surface area contributed by atoms with E-state index in [0.29, 0.717) is 16.6 Å². The van der Waals surface area contributed by atoms with Gasteiger partial charge in [0.05, 0.1) is 22.7 Å². The summed E-state index contributed by atoms with van der Waals surface area (Å²) in [6.07, 6.45) is 1.81. The molecule has 0 saturated carbocycles. The number of thiophene rings is 1. The Morgan fingerprint density at radius 1 is 1.24 bits per heavy atom. The molecule has 2 N–H and O–H groups in total. The lowest BCUT2D eigenvalue weighted by Gasteiger charge is -2.08. The molecule has 0 amide bonds. The fraction of sp³-hybridized carbons (Fsp3) is 0.133. The molecule has 0 fully saturated rings. The Hall–Kier alpha value is -1.33. The van der Waals surface area contributed by atoms with E-state index in [1.807, 2.05) is 6.07 Å². The molecule has 0 aliphatic carbocycles. The van der Waals surface area contributed by atoms with Crippen LogP contribution in [-0.4, -0.2) is 9.55 Å². The molecule has 2 heterocycles. The lowest BCUT2D eigenvalue weighted by Crippen LogP contribution is -2.08. The topological polar surface area (TPSA) is 43.8 Å². The summed E-state index contributed by atoms with van der Waals surface area (Å²) in [6.45, 7) is 1.16. The van der Waals surface area contributed by atoms with Crippen LogP contribution < -0.4 is 5.73 Å². The van der Waals surface area contributed by atoms with E-state index < -0.39 is 0 Å². The van der Waals surface area contributed by atoms with Crippen LogP contribution >= 0.6 is 34.5 Å². The summed E-state index contributed by atoms with van der Waals surface area (Å²) in [7, 11) is 0. The third-order valence-electron chi connectivity index (χ3n) is 3.26. The Morgan fingerprint density at radius 2 is 2.10 bits per heavy atom. The van der Waals surface area contributed by atoms with Gasteiger partial charge in [-0.25, -0.2) is 4.98 Å². The molecule has 3 nitrogen and oxygen atoms in total. The van der Waals surface area contributed by atoms with Gasteiger partial charge in [-0.15, -0.1) is 0 Å². The quantitative estimate of drug-likeness (QED) is 0.765. The van der Waals surface area contributed by atoms with E-state index in [0.717, 1.165) is 23.5 Å². The normalized spacial score (nSPS) is 11.0. The maximum atomic E-state index is 6.27. The number of imidazole rings is 1. The first-order valence-corrected chi connectivity index (χ1v) is 8.09. The lowest BCUT2D eigenvalue weighted by molar-refractivity contribution is 0.743. The van der Waals surface area contributed by atoms with Crippen LogP contribution in [0.3, 0.4) is 0 Å². The van der Waals surface area contributed by atoms with E-state index in [-0.39, 0.29) is 0 Å². The Kier molecular flexibility index (Phi) is 4.31. The minimum Gasteiger partial charge on any atom is -0.328 e. The van der Waals surface area contributed by atoms with Crippen molar-refractivity contribution in [2.24, 2.45) is 5.73 Å². The summed E-state index contributed by atoms with van der Waals surface area (Å²) < 4.78 is 2.06. The summed E-state index contributed by atoms with van der Waals surface area (Å²) in [4.78, 5) is 4.49. The SMILES string of the molecule is NCc1c(-c2ccc(Cl)cc2Cl)ncn1Cc1ccsc1. The van der Waals surface area contributed by atoms with Gasteiger partial charge in [0.1, 0.15) is 0 Å². The third kappa shape index (κ3) is 2.99. The van der Waals surface area contributed by atoms with Gasteiger partial charge in [0.15, 0.2) is 0 Å². The smallest absolute Gasteiger partial charge is 0.0959 e. The Morgan fingerprint density at radius 3 is 2.76 bits per heavy atom. The van der Waals surface area contributed by atoms with Crippen LogP contribution in [0.4, 0.5) is 0 Å². The van der Waals surface area contributed by atoms with Crippen molar-refractivity contribution in [1.82, 2.24) is 9.55 Å². The molecule has 0 unspecified atom stereocenters. The molecule has 3 aromatic rings. The number of rotatable bonds is 4. The zero-order valence-corrected chi connectivity index (χ0v) is 13.4. The molecule has 2 aromatic heterocycles. The molecule has 1 aromatic carbocycles. The van der Waals surface area contributed by atoms with Crippen LogP contribution in [0.2, 0.25) is 10.0 Å². The van der Waals surface area contributed by atoms with E-state index >= 15 is 0 Å². The number of halogens is 2. The van der Waals surface area contributed by atoms with Crippen molar-refractivity contribution >= 4 is 34.5 Å². The molecule has 0 saturated heterocycles. The van der Waals surface area contributed by atoms with Crippen molar-refractivity contribution in [3.05, 3.63) is 62.7 Å². The largest absolute Gasteiger partial charge is 0.328 e. The monoisotopic (exact) mass is 337 g/mol. The predicted octanol–water partition coefficient (Wildman–Crippen LogP) is 4.43. The van der Waals surface area contributed by atoms with Crippen LogP contribution in [0.5, 0.6) is 0 Å². The molecule has 3 rings (SSSR count). The van der Waals surface area contributed by atoms with Crippen LogP contribution in [0.15, 0.2) is 41.4 Å². The molecule has 21 heavy (non-hydrogen) atoms. The first-order valence-electron chi connectivity index (χ1n) is 6.39. The van der Waals surface area contributed by atoms with E-state index in [2.05, 4.69) is 26.4 Å². The minimum absolute atomic E-state index is 0.401. The van der Waals surface area contributed by atoms with Gasteiger partial charge in [-0.05, 0) is 40.6 Å². The zero-order chi connectivity index (χ0) is 14.8. The second-order valence-corrected chi connectivity index (χ2v) is 6.25. The number of nitrogens with zero attached hydrogens (tertiary/aromatic N) is 2. The van der Waals surface area contributed by atoms with Gasteiger partial charge in [-0.3, -0.25) is 0 Å². The van der Waals surface area contributed by atoms with Crippen molar-refractivity contribution in [2.75, 3.05) is 0 Å². The van der Waals surface area contributed by atoms with Gasteiger partial charge in [0.25, 0.3) is 0 Å². The summed E-state index contributed by atoms with van der Waals surface area (Å²) in [5, 5.41) is 5.37. The van der Waals surface area contributed by atoms with Crippen LogP contribution in [0.25, 0.3) is 11.3 Å². The number of hydrogen-bond donors (Lipinski definition) is 1. The molecule has 0 spiro atoms. The summed E-state index contributed by atoms with van der Waals surface area (Å²) in [6, 6.07) is 7.50. The van der Waals surface area contributed by atoms with E-state index in [1.165, 1.54) is 5.56 Å². The predicted molar refractivity (Wildman–Crippen MR) is 89.0 cm³/mol. The fourth-order valence-corrected chi connectivity index (χ4v) is 3.40. The molecular formula is C15H13Cl2N3S. The van der Waals surface area contributed by atoms with E-state index in [4.69, 9.17) is 28.9 Å². The van der Waals surface area contributed by atoms with Crippen LogP contribution in [0.1, 0.15) is 11.3 Å². The summed E-state index contributed by atoms with van der Waals surface area (Å²) >= 11 is 13.9. The van der Waals surface area contributed by atoms with Gasteiger partial charge in [0.2, 0.25) is 0 Å². The van der Waals surface area contributed by atoms with Gasteiger partial charge >= 0.3 is 0 Å². The zero-order valence-electron chi connectivity index (χ0n) is 11.1. The fourth-order valence-electron chi connectivity index (χ4n) is 2.24. The highest BCUT2D eigenvalue weighted by Crippen LogP contribution is 2.31. The second-order valence-electron chi connectivity index (χ2n) is 4.63. The van der Waals surface area contributed by atoms with Crippen LogP contribution in [0, 0.1) is 0 Å². The maximum Gasteiger partial charge on any atom is 0.0959 e. The maximum absolute atomic E-state index is 6.27. The van der Waals surface area contributed by atoms with Crippen molar-refractivity contribution < 1.29 is 0 Å². The average Bonchev–Trinajstić information content (AvgIpc) is 3.09. The highest BCUT2D eigenvalue weighted by Gasteiger charge is 2.14. The van der Waals surface area contributed by atoms with Crippen molar-refractivity contribution in [1.29, 1.82) is 0 Å². The summed E-state index contributed by atoms with van der Waals surface area (Å²) in [5.74, 6) is 0. The standard InChI is InChI=1S/C15H13Cl2N3S/c16-11-1-2-12(13(17)5-11)15-14(6-18)20(9-19-15)7-10-3-4-21-8-10/h1-5,8-9H,6-7,18H2. The lowest BCUT2D eigenvalue weighted by atomic mass is 10.1. The molecule has 108 valence electrons. The van der Waals surface area contributed by atoms with Gasteiger partial charge in [-0.1, -0.05) is 23.2 Å². The molecule has 0 aliphatic rings. The number of nitrogens with two attached hydrogens (primary N) is 1. The number of hydrogen-bond acceptors (Lipinski definition) is 3. The molecule has 0 radical (unpaired) electrons. The van der Waals surface area contributed by atoms with Crippen molar-refractivity contribution in [2.45, 2.75) is 13.1 Å². The first-order chi connectivity index (χ1) is 10.2. The Balaban J connectivity index is 2.01. The van der Waals surface area contributed by atoms with Crippen LogP contribution in [-0.2, 0) is 13.1 Å². The molecule has 0 bridgehead atoms. The highest BCUT2D eigenvalue weighted by molar-refractivity contribution is 7.07. The van der Waals surface area contributed by atoms with E-state index in [1.54, 1.807) is 29.8 Å². The molecule has 0 aliphatic heterocycles. The first kappa shape index (κ1) is 14.6. The average molecular weight is 338 g/mol. The van der Waals surface area contributed by atoms with Crippen molar-refractivity contribution in [3.8, 4) is 11.3 Å². The summed E-state index contributed by atoms with van der Waals surface area (Å²) in [5.41, 5.74) is 9.78. The Labute approximate surface area is 137 Å². The second kappa shape index (κ2) is 6.20. The van der Waals surface area contributed by atoms with Crippen molar-refractivity contribution in [3.63, 3.8) is 0 Å². The highest BCUT2D eigenvalue weighted by atomic mass is 35.5. The Bertz CT molecular complexity index is 750. The van der Waals surface area contributed by atoms with Gasteiger partial charge in [-0.2, -0.15) is 11.3 Å². The molecule has 6 heteroatoms. The minimum atomic E-state index is 0.401. The van der Waals surface area contributed by atoms with E-state index in [9.17, 15) is 0 Å². The number of aromatic nitrogens is 2. The van der Waals surface area contributed by atoms with Gasteiger partial charge < -0.3 is 10.3 Å². The molecular weight excluding hydrogens is 325 g/mol. The third-order valence-corrected chi connectivity index (χ3v) is 4.54. The molecule has 0 atom stereocenters.